The maximum absolute atomic E-state index is 12.3. The molecule has 9 heteroatoms. The second-order valence-corrected chi connectivity index (χ2v) is 4.80. The summed E-state index contributed by atoms with van der Waals surface area (Å²) < 4.78 is 78.9. The fourth-order valence-electron chi connectivity index (χ4n) is 1.81. The molecular formula is C16H8F6O3. The summed E-state index contributed by atoms with van der Waals surface area (Å²) in [5.41, 5.74) is -1.16. The molecule has 25 heavy (non-hydrogen) atoms. The lowest BCUT2D eigenvalue weighted by Crippen LogP contribution is -2.22. The Morgan fingerprint density at radius 1 is 0.600 bits per heavy atom. The number of alkyl halides is 6. The average Bonchev–Trinajstić information content (AvgIpc) is 2.53. The number of ether oxygens (including phenoxy) is 1. The van der Waals surface area contributed by atoms with Crippen molar-refractivity contribution in [1.82, 2.24) is 0 Å². The van der Waals surface area contributed by atoms with Gasteiger partial charge >= 0.3 is 12.4 Å². The summed E-state index contributed by atoms with van der Waals surface area (Å²) in [7, 11) is 0. The maximum atomic E-state index is 12.3. The number of hydrogen-bond acceptors (Lipinski definition) is 3. The molecule has 0 heterocycles. The highest BCUT2D eigenvalue weighted by molar-refractivity contribution is 6.00. The lowest BCUT2D eigenvalue weighted by atomic mass is 10.1. The van der Waals surface area contributed by atoms with Crippen LogP contribution in [0.2, 0.25) is 0 Å². The van der Waals surface area contributed by atoms with Gasteiger partial charge in [-0.15, -0.1) is 0 Å². The molecule has 0 aliphatic rings. The Hall–Kier alpha value is -2.84. The second-order valence-electron chi connectivity index (χ2n) is 4.80. The Morgan fingerprint density at radius 2 is 0.880 bits per heavy atom. The van der Waals surface area contributed by atoms with Crippen LogP contribution in [-0.2, 0) is 0 Å². The van der Waals surface area contributed by atoms with Gasteiger partial charge in [-0.25, -0.2) is 0 Å². The molecule has 3 nitrogen and oxygen atoms in total. The number of Topliss-reactive ketones (excluding diaryl/α,β-unsaturated/α-hetero) is 2. The zero-order valence-electron chi connectivity index (χ0n) is 12.1. The standard InChI is InChI=1S/C16H8F6O3/c17-15(18,19)13(23)9-1-5-11(6-2-9)25-12-7-3-10(4-8-12)14(24)16(20,21)22/h1-8H. The van der Waals surface area contributed by atoms with Gasteiger partial charge in [0.05, 0.1) is 0 Å². The van der Waals surface area contributed by atoms with Crippen LogP contribution in [0.1, 0.15) is 20.7 Å². The van der Waals surface area contributed by atoms with Crippen molar-refractivity contribution >= 4 is 11.6 Å². The van der Waals surface area contributed by atoms with E-state index in [-0.39, 0.29) is 11.5 Å². The maximum Gasteiger partial charge on any atom is 0.454 e. The summed E-state index contributed by atoms with van der Waals surface area (Å²) >= 11 is 0. The molecule has 2 rings (SSSR count). The summed E-state index contributed by atoms with van der Waals surface area (Å²) in [6.07, 6.45) is -9.99. The minimum absolute atomic E-state index is 0.0635. The molecule has 0 unspecified atom stereocenters. The molecule has 0 bridgehead atoms. The second kappa shape index (κ2) is 6.58. The van der Waals surface area contributed by atoms with Crippen molar-refractivity contribution in [2.75, 3.05) is 0 Å². The molecule has 0 aliphatic carbocycles. The summed E-state index contributed by atoms with van der Waals surface area (Å²) in [6.45, 7) is 0. The number of rotatable bonds is 4. The van der Waals surface area contributed by atoms with Gasteiger partial charge in [-0.2, -0.15) is 26.3 Å². The van der Waals surface area contributed by atoms with Gasteiger partial charge in [0.1, 0.15) is 11.5 Å². The van der Waals surface area contributed by atoms with Crippen LogP contribution in [0.25, 0.3) is 0 Å². The summed E-state index contributed by atoms with van der Waals surface area (Å²) in [6, 6.07) is 8.06. The molecule has 0 fully saturated rings. The topological polar surface area (TPSA) is 43.4 Å². The molecule has 2 aromatic rings. The molecule has 0 atom stereocenters. The van der Waals surface area contributed by atoms with Crippen molar-refractivity contribution in [1.29, 1.82) is 0 Å². The summed E-state index contributed by atoms with van der Waals surface area (Å²) in [4.78, 5) is 22.1. The number of carbonyl (C=O) groups excluding carboxylic acids is 2. The van der Waals surface area contributed by atoms with E-state index in [1.807, 2.05) is 0 Å². The SMILES string of the molecule is O=C(c1ccc(Oc2ccc(C(=O)C(F)(F)F)cc2)cc1)C(F)(F)F. The molecule has 0 N–H and O–H groups in total. The molecule has 0 aliphatic heterocycles. The van der Waals surface area contributed by atoms with Gasteiger partial charge in [0.15, 0.2) is 0 Å². The van der Waals surface area contributed by atoms with Gasteiger partial charge in [-0.1, -0.05) is 0 Å². The predicted octanol–water partition coefficient (Wildman–Crippen LogP) is 4.97. The Morgan fingerprint density at radius 3 is 1.12 bits per heavy atom. The van der Waals surface area contributed by atoms with Crippen molar-refractivity contribution in [2.24, 2.45) is 0 Å². The number of benzene rings is 2. The molecule has 0 saturated heterocycles. The largest absolute Gasteiger partial charge is 0.457 e. The molecule has 132 valence electrons. The van der Waals surface area contributed by atoms with Crippen LogP contribution in [0, 0.1) is 0 Å². The van der Waals surface area contributed by atoms with Crippen molar-refractivity contribution in [2.45, 2.75) is 12.4 Å². The minimum atomic E-state index is -5.00. The third-order valence-electron chi connectivity index (χ3n) is 2.98. The van der Waals surface area contributed by atoms with Crippen LogP contribution in [-0.4, -0.2) is 23.9 Å². The van der Waals surface area contributed by atoms with Gasteiger partial charge in [-0.05, 0) is 48.5 Å². The van der Waals surface area contributed by atoms with Crippen molar-refractivity contribution in [3.05, 3.63) is 59.7 Å². The number of hydrogen-bond donors (Lipinski definition) is 0. The number of carbonyl (C=O) groups is 2. The Labute approximate surface area is 136 Å². The first-order chi connectivity index (χ1) is 11.5. The van der Waals surface area contributed by atoms with E-state index in [1.165, 1.54) is 0 Å². The minimum Gasteiger partial charge on any atom is -0.457 e. The molecule has 0 aromatic heterocycles. The summed E-state index contributed by atoms with van der Waals surface area (Å²) in [5.74, 6) is -3.88. The van der Waals surface area contributed by atoms with Crippen LogP contribution in [0.3, 0.4) is 0 Å². The molecule has 0 amide bonds. The van der Waals surface area contributed by atoms with E-state index in [9.17, 15) is 35.9 Å². The van der Waals surface area contributed by atoms with Gasteiger partial charge in [0.25, 0.3) is 11.6 Å². The number of ketones is 2. The van der Waals surface area contributed by atoms with Crippen molar-refractivity contribution in [3.8, 4) is 11.5 Å². The van der Waals surface area contributed by atoms with E-state index in [0.717, 1.165) is 48.5 Å². The first-order valence-electron chi connectivity index (χ1n) is 6.59. The highest BCUT2D eigenvalue weighted by Crippen LogP contribution is 2.27. The van der Waals surface area contributed by atoms with E-state index in [4.69, 9.17) is 4.74 Å². The fraction of sp³-hybridized carbons (Fsp3) is 0.125. The smallest absolute Gasteiger partial charge is 0.454 e. The molecule has 0 radical (unpaired) electrons. The van der Waals surface area contributed by atoms with Gasteiger partial charge in [0, 0.05) is 11.1 Å². The van der Waals surface area contributed by atoms with E-state index < -0.39 is 35.0 Å². The zero-order chi connectivity index (χ0) is 18.8. The Balaban J connectivity index is 2.10. The van der Waals surface area contributed by atoms with Gasteiger partial charge in [-0.3, -0.25) is 9.59 Å². The van der Waals surface area contributed by atoms with Gasteiger partial charge in [0.2, 0.25) is 0 Å². The normalized spacial score (nSPS) is 11.9. The van der Waals surface area contributed by atoms with E-state index in [0.29, 0.717) is 0 Å². The third kappa shape index (κ3) is 4.59. The van der Waals surface area contributed by atoms with Crippen LogP contribution < -0.4 is 4.74 Å². The van der Waals surface area contributed by atoms with E-state index in [2.05, 4.69) is 0 Å². The van der Waals surface area contributed by atoms with Crippen molar-refractivity contribution in [3.63, 3.8) is 0 Å². The monoisotopic (exact) mass is 362 g/mol. The fourth-order valence-corrected chi connectivity index (χ4v) is 1.81. The lowest BCUT2D eigenvalue weighted by molar-refractivity contribution is -0.0888. The van der Waals surface area contributed by atoms with Crippen LogP contribution >= 0.6 is 0 Å². The third-order valence-corrected chi connectivity index (χ3v) is 2.98. The van der Waals surface area contributed by atoms with Gasteiger partial charge < -0.3 is 4.74 Å². The van der Waals surface area contributed by atoms with Crippen molar-refractivity contribution < 1.29 is 40.7 Å². The number of halogens is 6. The quantitative estimate of drug-likeness (QED) is 0.570. The van der Waals surface area contributed by atoms with Crippen LogP contribution in [0.4, 0.5) is 26.3 Å². The van der Waals surface area contributed by atoms with Crippen LogP contribution in [0.15, 0.2) is 48.5 Å². The molecular weight excluding hydrogens is 354 g/mol. The molecule has 0 spiro atoms. The first-order valence-corrected chi connectivity index (χ1v) is 6.59. The highest BCUT2D eigenvalue weighted by atomic mass is 19.4. The van der Waals surface area contributed by atoms with E-state index >= 15 is 0 Å². The lowest BCUT2D eigenvalue weighted by Gasteiger charge is -2.09. The zero-order valence-corrected chi connectivity index (χ0v) is 12.1. The Kier molecular flexibility index (Phi) is 4.87. The molecule has 0 saturated carbocycles. The summed E-state index contributed by atoms with van der Waals surface area (Å²) in [5, 5.41) is 0. The molecule has 2 aromatic carbocycles. The van der Waals surface area contributed by atoms with E-state index in [1.54, 1.807) is 0 Å². The Bertz CT molecular complexity index is 706. The predicted molar refractivity (Wildman–Crippen MR) is 73.7 cm³/mol. The first kappa shape index (κ1) is 18.5. The average molecular weight is 362 g/mol. The van der Waals surface area contributed by atoms with Crippen LogP contribution in [0.5, 0.6) is 11.5 Å². The highest BCUT2D eigenvalue weighted by Gasteiger charge is 2.39.